The zero-order valence-corrected chi connectivity index (χ0v) is 13.0. The Kier molecular flexibility index (Phi) is 6.09. The molecule has 0 bridgehead atoms. The summed E-state index contributed by atoms with van der Waals surface area (Å²) in [7, 11) is 0. The first kappa shape index (κ1) is 15.6. The van der Waals surface area contributed by atoms with Crippen molar-refractivity contribution in [2.45, 2.75) is 76.7 Å². The van der Waals surface area contributed by atoms with Gasteiger partial charge in [0.05, 0.1) is 5.60 Å². The standard InChI is InChI=1S/C19H30O/c1-2-3-4-5-7-10-17-13-15-19(20,16-14-17)18-11-8-6-9-12-18/h6,8-9,11-12,17,20H,2-5,7,10,13-16H2,1H3. The number of unbranched alkanes of at least 4 members (excludes halogenated alkanes) is 4. The molecule has 112 valence electrons. The average Bonchev–Trinajstić information content (AvgIpc) is 2.50. The van der Waals surface area contributed by atoms with Gasteiger partial charge < -0.3 is 5.11 Å². The van der Waals surface area contributed by atoms with Crippen molar-refractivity contribution in [3.05, 3.63) is 35.9 Å². The van der Waals surface area contributed by atoms with Crippen LogP contribution < -0.4 is 0 Å². The first-order valence-electron chi connectivity index (χ1n) is 8.52. The maximum absolute atomic E-state index is 10.8. The Bertz CT molecular complexity index is 363. The highest BCUT2D eigenvalue weighted by Gasteiger charge is 2.34. The van der Waals surface area contributed by atoms with Gasteiger partial charge in [0.15, 0.2) is 0 Å². The zero-order valence-electron chi connectivity index (χ0n) is 13.0. The minimum Gasteiger partial charge on any atom is -0.385 e. The number of benzene rings is 1. The number of rotatable bonds is 7. The summed E-state index contributed by atoms with van der Waals surface area (Å²) in [4.78, 5) is 0. The second-order valence-electron chi connectivity index (χ2n) is 6.54. The molecule has 20 heavy (non-hydrogen) atoms. The van der Waals surface area contributed by atoms with Gasteiger partial charge in [0.25, 0.3) is 0 Å². The Morgan fingerprint density at radius 2 is 1.65 bits per heavy atom. The van der Waals surface area contributed by atoms with E-state index in [4.69, 9.17) is 0 Å². The minimum atomic E-state index is -0.556. The molecule has 0 aromatic heterocycles. The largest absolute Gasteiger partial charge is 0.385 e. The third kappa shape index (κ3) is 4.34. The van der Waals surface area contributed by atoms with Crippen molar-refractivity contribution >= 4 is 0 Å². The van der Waals surface area contributed by atoms with Crippen molar-refractivity contribution in [2.24, 2.45) is 5.92 Å². The van der Waals surface area contributed by atoms with Crippen molar-refractivity contribution in [3.8, 4) is 0 Å². The van der Waals surface area contributed by atoms with Gasteiger partial charge in [-0.25, -0.2) is 0 Å². The predicted molar refractivity (Wildman–Crippen MR) is 85.7 cm³/mol. The molecule has 1 fully saturated rings. The van der Waals surface area contributed by atoms with Crippen molar-refractivity contribution < 1.29 is 5.11 Å². The van der Waals surface area contributed by atoms with Crippen molar-refractivity contribution in [3.63, 3.8) is 0 Å². The van der Waals surface area contributed by atoms with Crippen LogP contribution in [0.5, 0.6) is 0 Å². The molecule has 0 radical (unpaired) electrons. The quantitative estimate of drug-likeness (QED) is 0.658. The highest BCUT2D eigenvalue weighted by molar-refractivity contribution is 5.22. The predicted octanol–water partition coefficient (Wildman–Crippen LogP) is 5.42. The van der Waals surface area contributed by atoms with E-state index in [0.717, 1.165) is 24.3 Å². The van der Waals surface area contributed by atoms with Crippen LogP contribution in [-0.4, -0.2) is 5.11 Å². The molecule has 2 rings (SSSR count). The number of hydrogen-bond acceptors (Lipinski definition) is 1. The molecule has 1 N–H and O–H groups in total. The van der Waals surface area contributed by atoms with E-state index in [1.54, 1.807) is 0 Å². The molecule has 1 heteroatoms. The maximum Gasteiger partial charge on any atom is 0.0896 e. The molecule has 0 saturated heterocycles. The third-order valence-corrected chi connectivity index (χ3v) is 4.96. The van der Waals surface area contributed by atoms with Crippen LogP contribution in [0.3, 0.4) is 0 Å². The molecule has 1 aromatic carbocycles. The van der Waals surface area contributed by atoms with Crippen molar-refractivity contribution in [2.75, 3.05) is 0 Å². The average molecular weight is 274 g/mol. The Morgan fingerprint density at radius 1 is 1.00 bits per heavy atom. The zero-order chi connectivity index (χ0) is 14.3. The fraction of sp³-hybridized carbons (Fsp3) is 0.684. The number of aliphatic hydroxyl groups is 1. The Hall–Kier alpha value is -0.820. The van der Waals surface area contributed by atoms with Crippen molar-refractivity contribution in [1.29, 1.82) is 0 Å². The van der Waals surface area contributed by atoms with Gasteiger partial charge in [-0.3, -0.25) is 0 Å². The van der Waals surface area contributed by atoms with Crippen LogP contribution in [0.2, 0.25) is 0 Å². The van der Waals surface area contributed by atoms with E-state index >= 15 is 0 Å². The Morgan fingerprint density at radius 3 is 2.30 bits per heavy atom. The van der Waals surface area contributed by atoms with Gasteiger partial charge >= 0.3 is 0 Å². The third-order valence-electron chi connectivity index (χ3n) is 4.96. The maximum atomic E-state index is 10.8. The van der Waals surface area contributed by atoms with Gasteiger partial charge in [-0.15, -0.1) is 0 Å². The molecule has 1 aliphatic carbocycles. The van der Waals surface area contributed by atoms with E-state index < -0.39 is 5.60 Å². The molecule has 0 amide bonds. The lowest BCUT2D eigenvalue weighted by Crippen LogP contribution is -2.31. The van der Waals surface area contributed by atoms with Crippen LogP contribution in [0.25, 0.3) is 0 Å². The van der Waals surface area contributed by atoms with Crippen LogP contribution in [-0.2, 0) is 5.60 Å². The van der Waals surface area contributed by atoms with Gasteiger partial charge in [0.1, 0.15) is 0 Å². The lowest BCUT2D eigenvalue weighted by atomic mass is 9.74. The van der Waals surface area contributed by atoms with E-state index in [1.165, 1.54) is 51.4 Å². The topological polar surface area (TPSA) is 20.2 Å². The van der Waals surface area contributed by atoms with E-state index in [0.29, 0.717) is 0 Å². The molecule has 1 nitrogen and oxygen atoms in total. The summed E-state index contributed by atoms with van der Waals surface area (Å²) >= 11 is 0. The Balaban J connectivity index is 1.72. The van der Waals surface area contributed by atoms with Crippen LogP contribution in [0.1, 0.15) is 76.7 Å². The molecular formula is C19H30O. The molecule has 0 aliphatic heterocycles. The van der Waals surface area contributed by atoms with Crippen LogP contribution in [0.4, 0.5) is 0 Å². The summed E-state index contributed by atoms with van der Waals surface area (Å²) < 4.78 is 0. The van der Waals surface area contributed by atoms with E-state index in [9.17, 15) is 5.11 Å². The monoisotopic (exact) mass is 274 g/mol. The first-order chi connectivity index (χ1) is 9.74. The molecular weight excluding hydrogens is 244 g/mol. The fourth-order valence-corrected chi connectivity index (χ4v) is 3.52. The number of hydrogen-bond donors (Lipinski definition) is 1. The summed E-state index contributed by atoms with van der Waals surface area (Å²) in [5.41, 5.74) is 0.557. The summed E-state index contributed by atoms with van der Waals surface area (Å²) in [6, 6.07) is 10.2. The molecule has 0 spiro atoms. The second-order valence-corrected chi connectivity index (χ2v) is 6.54. The van der Waals surface area contributed by atoms with Crippen molar-refractivity contribution in [1.82, 2.24) is 0 Å². The second kappa shape index (κ2) is 7.83. The highest BCUT2D eigenvalue weighted by atomic mass is 16.3. The molecule has 1 aliphatic rings. The SMILES string of the molecule is CCCCCCCC1CCC(O)(c2ccccc2)CC1. The van der Waals surface area contributed by atoms with Gasteiger partial charge in [0, 0.05) is 0 Å². The van der Waals surface area contributed by atoms with Crippen LogP contribution >= 0.6 is 0 Å². The fourth-order valence-electron chi connectivity index (χ4n) is 3.52. The summed E-state index contributed by atoms with van der Waals surface area (Å²) in [5, 5.41) is 10.8. The van der Waals surface area contributed by atoms with Crippen LogP contribution in [0, 0.1) is 5.92 Å². The van der Waals surface area contributed by atoms with Gasteiger partial charge in [0.2, 0.25) is 0 Å². The summed E-state index contributed by atoms with van der Waals surface area (Å²) in [6.07, 6.45) is 12.5. The smallest absolute Gasteiger partial charge is 0.0896 e. The van der Waals surface area contributed by atoms with Crippen LogP contribution in [0.15, 0.2) is 30.3 Å². The summed E-state index contributed by atoms with van der Waals surface area (Å²) in [5.74, 6) is 0.848. The molecule has 0 heterocycles. The summed E-state index contributed by atoms with van der Waals surface area (Å²) in [6.45, 7) is 2.27. The van der Waals surface area contributed by atoms with Gasteiger partial charge in [-0.1, -0.05) is 75.8 Å². The molecule has 0 unspecified atom stereocenters. The van der Waals surface area contributed by atoms with Gasteiger partial charge in [-0.05, 0) is 37.2 Å². The van der Waals surface area contributed by atoms with E-state index in [1.807, 2.05) is 18.2 Å². The molecule has 0 atom stereocenters. The van der Waals surface area contributed by atoms with Gasteiger partial charge in [-0.2, -0.15) is 0 Å². The normalized spacial score (nSPS) is 26.6. The minimum absolute atomic E-state index is 0.556. The van der Waals surface area contributed by atoms with E-state index in [2.05, 4.69) is 19.1 Å². The Labute approximate surface area is 124 Å². The molecule has 1 aromatic rings. The lowest BCUT2D eigenvalue weighted by Gasteiger charge is -2.36. The molecule has 1 saturated carbocycles. The van der Waals surface area contributed by atoms with E-state index in [-0.39, 0.29) is 0 Å². The lowest BCUT2D eigenvalue weighted by molar-refractivity contribution is -0.0154. The first-order valence-corrected chi connectivity index (χ1v) is 8.52. The highest BCUT2D eigenvalue weighted by Crippen LogP contribution is 2.40.